The summed E-state index contributed by atoms with van der Waals surface area (Å²) >= 11 is 0. The molecule has 0 atom stereocenters. The first kappa shape index (κ1) is 18.8. The molecule has 1 aliphatic rings. The van der Waals surface area contributed by atoms with Crippen LogP contribution in [0, 0.1) is 0 Å². The molecule has 0 N–H and O–H groups in total. The van der Waals surface area contributed by atoms with Crippen molar-refractivity contribution in [3.63, 3.8) is 0 Å². The molecule has 1 saturated heterocycles. The maximum absolute atomic E-state index is 12.5. The molecule has 3 rings (SSSR count). The zero-order chi connectivity index (χ0) is 19.1. The van der Waals surface area contributed by atoms with Gasteiger partial charge in [-0.25, -0.2) is 0 Å². The van der Waals surface area contributed by atoms with Crippen molar-refractivity contribution in [2.75, 3.05) is 39.9 Å². The minimum absolute atomic E-state index is 0.0177. The summed E-state index contributed by atoms with van der Waals surface area (Å²) in [5.41, 5.74) is 0.954. The summed E-state index contributed by atoms with van der Waals surface area (Å²) in [6.07, 6.45) is 0.356. The van der Waals surface area contributed by atoms with Gasteiger partial charge in [-0.05, 0) is 29.8 Å². The first-order valence-electron chi connectivity index (χ1n) is 9.02. The minimum Gasteiger partial charge on any atom is -0.497 e. The highest BCUT2D eigenvalue weighted by atomic mass is 16.5. The number of rotatable bonds is 6. The average molecular weight is 368 g/mol. The van der Waals surface area contributed by atoms with Crippen molar-refractivity contribution < 1.29 is 19.1 Å². The van der Waals surface area contributed by atoms with Gasteiger partial charge >= 0.3 is 0 Å². The summed E-state index contributed by atoms with van der Waals surface area (Å²) in [5, 5.41) is 0. The normalized spacial score (nSPS) is 14.0. The summed E-state index contributed by atoms with van der Waals surface area (Å²) in [4.78, 5) is 28.3. The zero-order valence-corrected chi connectivity index (χ0v) is 15.5. The minimum atomic E-state index is -0.0545. The van der Waals surface area contributed by atoms with E-state index in [-0.39, 0.29) is 18.4 Å². The summed E-state index contributed by atoms with van der Waals surface area (Å²) < 4.78 is 10.6. The van der Waals surface area contributed by atoms with Crippen molar-refractivity contribution in [1.29, 1.82) is 0 Å². The van der Waals surface area contributed by atoms with Gasteiger partial charge in [-0.15, -0.1) is 0 Å². The van der Waals surface area contributed by atoms with E-state index in [9.17, 15) is 9.59 Å². The number of carbonyl (C=O) groups excluding carboxylic acids is 2. The first-order chi connectivity index (χ1) is 13.2. The SMILES string of the molecule is COc1ccc(CC(=O)N2CCN(C(=O)COc3ccccc3)CC2)cc1. The standard InChI is InChI=1S/C21H24N2O4/c1-26-18-9-7-17(8-10-18)15-20(24)22-11-13-23(14-12-22)21(25)16-27-19-5-3-2-4-6-19/h2-10H,11-16H2,1H3. The number of benzene rings is 2. The molecule has 142 valence electrons. The second-order valence-electron chi connectivity index (χ2n) is 6.39. The highest BCUT2D eigenvalue weighted by Crippen LogP contribution is 2.13. The monoisotopic (exact) mass is 368 g/mol. The van der Waals surface area contributed by atoms with Gasteiger partial charge in [0.05, 0.1) is 13.5 Å². The third kappa shape index (κ3) is 5.23. The second-order valence-corrected chi connectivity index (χ2v) is 6.39. The summed E-state index contributed by atoms with van der Waals surface area (Å²) in [6.45, 7) is 2.18. The Bertz CT molecular complexity index is 754. The number of methoxy groups -OCH3 is 1. The number of nitrogens with zero attached hydrogens (tertiary/aromatic N) is 2. The molecule has 0 saturated carbocycles. The van der Waals surface area contributed by atoms with Crippen LogP contribution < -0.4 is 9.47 Å². The van der Waals surface area contributed by atoms with E-state index >= 15 is 0 Å². The second kappa shape index (κ2) is 9.07. The lowest BCUT2D eigenvalue weighted by Gasteiger charge is -2.34. The Kier molecular flexibility index (Phi) is 6.30. The number of carbonyl (C=O) groups is 2. The van der Waals surface area contributed by atoms with Gasteiger partial charge in [0.25, 0.3) is 5.91 Å². The van der Waals surface area contributed by atoms with Crippen LogP contribution in [0.15, 0.2) is 54.6 Å². The van der Waals surface area contributed by atoms with Crippen molar-refractivity contribution in [3.05, 3.63) is 60.2 Å². The van der Waals surface area contributed by atoms with Gasteiger partial charge < -0.3 is 19.3 Å². The fourth-order valence-electron chi connectivity index (χ4n) is 2.99. The number of amides is 2. The third-order valence-electron chi connectivity index (χ3n) is 4.61. The van der Waals surface area contributed by atoms with Gasteiger partial charge in [0, 0.05) is 26.2 Å². The van der Waals surface area contributed by atoms with E-state index in [2.05, 4.69) is 0 Å². The van der Waals surface area contributed by atoms with Gasteiger partial charge in [0.2, 0.25) is 5.91 Å². The molecule has 0 spiro atoms. The van der Waals surface area contributed by atoms with Crippen LogP contribution in [0.2, 0.25) is 0 Å². The molecule has 0 unspecified atom stereocenters. The number of piperazine rings is 1. The molecule has 0 aliphatic carbocycles. The Morgan fingerprint density at radius 2 is 1.41 bits per heavy atom. The average Bonchev–Trinajstić information content (AvgIpc) is 2.73. The highest BCUT2D eigenvalue weighted by molar-refractivity contribution is 5.80. The molecule has 1 fully saturated rings. The lowest BCUT2D eigenvalue weighted by molar-refractivity contribution is -0.140. The van der Waals surface area contributed by atoms with E-state index in [0.29, 0.717) is 38.3 Å². The maximum atomic E-state index is 12.5. The lowest BCUT2D eigenvalue weighted by Crippen LogP contribution is -2.52. The highest BCUT2D eigenvalue weighted by Gasteiger charge is 2.24. The number of para-hydroxylation sites is 1. The molecule has 1 heterocycles. The Balaban J connectivity index is 1.43. The molecule has 27 heavy (non-hydrogen) atoms. The molecule has 2 aromatic rings. The molecule has 1 aliphatic heterocycles. The van der Waals surface area contributed by atoms with Crippen molar-refractivity contribution in [2.24, 2.45) is 0 Å². The van der Waals surface area contributed by atoms with E-state index in [1.54, 1.807) is 12.0 Å². The Morgan fingerprint density at radius 3 is 2.00 bits per heavy atom. The Labute approximate surface area is 159 Å². The van der Waals surface area contributed by atoms with Crippen LogP contribution in [0.25, 0.3) is 0 Å². The number of hydrogen-bond donors (Lipinski definition) is 0. The summed E-state index contributed by atoms with van der Waals surface area (Å²) in [7, 11) is 1.62. The fourth-order valence-corrected chi connectivity index (χ4v) is 2.99. The van der Waals surface area contributed by atoms with Gasteiger partial charge in [0.15, 0.2) is 6.61 Å². The van der Waals surface area contributed by atoms with Crippen LogP contribution in [-0.2, 0) is 16.0 Å². The lowest BCUT2D eigenvalue weighted by atomic mass is 10.1. The van der Waals surface area contributed by atoms with Crippen LogP contribution in [0.3, 0.4) is 0 Å². The summed E-state index contributed by atoms with van der Waals surface area (Å²) in [5.74, 6) is 1.48. The predicted octanol–water partition coefficient (Wildman–Crippen LogP) is 1.99. The van der Waals surface area contributed by atoms with Gasteiger partial charge in [-0.2, -0.15) is 0 Å². The largest absolute Gasteiger partial charge is 0.497 e. The van der Waals surface area contributed by atoms with E-state index < -0.39 is 0 Å². The van der Waals surface area contributed by atoms with Crippen molar-refractivity contribution in [2.45, 2.75) is 6.42 Å². The van der Waals surface area contributed by atoms with Crippen LogP contribution in [0.5, 0.6) is 11.5 Å². The van der Waals surface area contributed by atoms with Crippen molar-refractivity contribution >= 4 is 11.8 Å². The quantitative estimate of drug-likeness (QED) is 0.782. The number of ether oxygens (including phenoxy) is 2. The maximum Gasteiger partial charge on any atom is 0.260 e. The van der Waals surface area contributed by atoms with Gasteiger partial charge in [-0.3, -0.25) is 9.59 Å². The van der Waals surface area contributed by atoms with Crippen LogP contribution in [-0.4, -0.2) is 61.5 Å². The zero-order valence-electron chi connectivity index (χ0n) is 15.5. The molecule has 2 aromatic carbocycles. The van der Waals surface area contributed by atoms with Crippen LogP contribution in [0.4, 0.5) is 0 Å². The molecule has 6 heteroatoms. The van der Waals surface area contributed by atoms with E-state index in [1.807, 2.05) is 59.5 Å². The Hall–Kier alpha value is -3.02. The topological polar surface area (TPSA) is 59.1 Å². The summed E-state index contributed by atoms with van der Waals surface area (Å²) in [6, 6.07) is 16.8. The van der Waals surface area contributed by atoms with Crippen molar-refractivity contribution in [3.8, 4) is 11.5 Å². The van der Waals surface area contributed by atoms with Gasteiger partial charge in [-0.1, -0.05) is 30.3 Å². The predicted molar refractivity (Wildman–Crippen MR) is 102 cm³/mol. The molecular formula is C21H24N2O4. The smallest absolute Gasteiger partial charge is 0.260 e. The first-order valence-corrected chi connectivity index (χ1v) is 9.02. The molecular weight excluding hydrogens is 344 g/mol. The van der Waals surface area contributed by atoms with Crippen molar-refractivity contribution in [1.82, 2.24) is 9.80 Å². The fraction of sp³-hybridized carbons (Fsp3) is 0.333. The molecule has 0 radical (unpaired) electrons. The number of hydrogen-bond acceptors (Lipinski definition) is 4. The molecule has 0 aromatic heterocycles. The molecule has 6 nitrogen and oxygen atoms in total. The molecule has 2 amide bonds. The molecule has 0 bridgehead atoms. The Morgan fingerprint density at radius 1 is 0.815 bits per heavy atom. The van der Waals surface area contributed by atoms with Crippen LogP contribution >= 0.6 is 0 Å². The van der Waals surface area contributed by atoms with E-state index in [1.165, 1.54) is 0 Å². The van der Waals surface area contributed by atoms with Gasteiger partial charge in [0.1, 0.15) is 11.5 Å². The van der Waals surface area contributed by atoms with E-state index in [0.717, 1.165) is 11.3 Å². The van der Waals surface area contributed by atoms with E-state index in [4.69, 9.17) is 9.47 Å². The third-order valence-corrected chi connectivity index (χ3v) is 4.61. The van der Waals surface area contributed by atoms with Crippen LogP contribution in [0.1, 0.15) is 5.56 Å².